The topological polar surface area (TPSA) is 70.8 Å². The fourth-order valence-corrected chi connectivity index (χ4v) is 2.29. The average Bonchev–Trinajstić information content (AvgIpc) is 2.14. The van der Waals surface area contributed by atoms with Crippen LogP contribution in [0.1, 0.15) is 23.1 Å². The maximum atomic E-state index is 12.4. The van der Waals surface area contributed by atoms with Gasteiger partial charge in [0.2, 0.25) is 0 Å². The van der Waals surface area contributed by atoms with Gasteiger partial charge in [-0.1, -0.05) is 0 Å². The second-order valence-corrected chi connectivity index (χ2v) is 5.35. The van der Waals surface area contributed by atoms with Crippen molar-refractivity contribution in [2.45, 2.75) is 18.4 Å². The Labute approximate surface area is 94.9 Å². The second-order valence-electron chi connectivity index (χ2n) is 2.87. The van der Waals surface area contributed by atoms with E-state index in [1.807, 2.05) is 0 Å². The molecule has 0 fully saturated rings. The molecule has 0 aromatic carbocycles. The average molecular weight is 267 g/mol. The molecule has 0 atom stereocenters. The van der Waals surface area contributed by atoms with Crippen molar-refractivity contribution >= 4 is 19.7 Å². The van der Waals surface area contributed by atoms with Crippen molar-refractivity contribution in [3.63, 3.8) is 0 Å². The summed E-state index contributed by atoms with van der Waals surface area (Å²) in [5.41, 5.74) is -1.19. The van der Waals surface area contributed by atoms with Gasteiger partial charge >= 0.3 is 0 Å². The zero-order valence-electron chi connectivity index (χ0n) is 7.91. The minimum Gasteiger partial charge on any atom is -0.243 e. The van der Waals surface area contributed by atoms with Crippen LogP contribution in [0.3, 0.4) is 0 Å². The third-order valence-corrected chi connectivity index (χ3v) is 3.20. The number of nitrogens with zero attached hydrogens (tertiary/aromatic N) is 2. The predicted molar refractivity (Wildman–Crippen MR) is 51.7 cm³/mol. The van der Waals surface area contributed by atoms with Crippen LogP contribution in [0, 0.1) is 18.3 Å². The molecule has 0 radical (unpaired) electrons. The van der Waals surface area contributed by atoms with E-state index in [1.54, 1.807) is 0 Å². The molecule has 1 aromatic rings. The van der Waals surface area contributed by atoms with Gasteiger partial charge in [-0.05, 0) is 6.92 Å². The largest absolute Gasteiger partial charge is 0.278 e. The standard InChI is InChI=1S/C8H5ClF2N2O2S/c1-4-5(2-12)6(7(10)11)3-13-8(4)16(9,14)15/h3,7H,1H3. The minimum absolute atomic E-state index is 0.171. The highest BCUT2D eigenvalue weighted by Crippen LogP contribution is 2.28. The van der Waals surface area contributed by atoms with E-state index in [-0.39, 0.29) is 5.56 Å². The fraction of sp³-hybridized carbons (Fsp3) is 0.250. The quantitative estimate of drug-likeness (QED) is 0.769. The zero-order chi connectivity index (χ0) is 12.5. The third kappa shape index (κ3) is 2.28. The molecule has 4 nitrogen and oxygen atoms in total. The van der Waals surface area contributed by atoms with E-state index in [0.717, 1.165) is 0 Å². The van der Waals surface area contributed by atoms with E-state index >= 15 is 0 Å². The highest BCUT2D eigenvalue weighted by Gasteiger charge is 2.23. The molecule has 1 rings (SSSR count). The Balaban J connectivity index is 3.61. The van der Waals surface area contributed by atoms with Gasteiger partial charge in [0.1, 0.15) is 6.07 Å². The molecule has 0 aliphatic heterocycles. The van der Waals surface area contributed by atoms with Crippen LogP contribution >= 0.6 is 10.7 Å². The Morgan fingerprint density at radius 2 is 2.12 bits per heavy atom. The Morgan fingerprint density at radius 1 is 1.56 bits per heavy atom. The Kier molecular flexibility index (Phi) is 3.45. The number of pyridine rings is 1. The number of nitriles is 1. The van der Waals surface area contributed by atoms with Crippen LogP contribution in [-0.2, 0) is 9.05 Å². The minimum atomic E-state index is -4.14. The highest BCUT2D eigenvalue weighted by atomic mass is 35.7. The van der Waals surface area contributed by atoms with Crippen molar-refractivity contribution in [1.82, 2.24) is 4.98 Å². The van der Waals surface area contributed by atoms with Crippen LogP contribution in [0.2, 0.25) is 0 Å². The van der Waals surface area contributed by atoms with Gasteiger partial charge in [-0.2, -0.15) is 5.26 Å². The molecule has 86 valence electrons. The van der Waals surface area contributed by atoms with Gasteiger partial charge in [0, 0.05) is 22.4 Å². The summed E-state index contributed by atoms with van der Waals surface area (Å²) in [6.45, 7) is 1.20. The van der Waals surface area contributed by atoms with Crippen LogP contribution in [0.4, 0.5) is 8.78 Å². The number of aromatic nitrogens is 1. The van der Waals surface area contributed by atoms with Crippen molar-refractivity contribution in [2.24, 2.45) is 0 Å². The lowest BCUT2D eigenvalue weighted by atomic mass is 10.1. The summed E-state index contributed by atoms with van der Waals surface area (Å²) in [6, 6.07) is 1.51. The van der Waals surface area contributed by atoms with E-state index < -0.39 is 31.6 Å². The molecular formula is C8H5ClF2N2O2S. The maximum absolute atomic E-state index is 12.4. The second kappa shape index (κ2) is 4.31. The van der Waals surface area contributed by atoms with Gasteiger partial charge in [-0.15, -0.1) is 0 Å². The van der Waals surface area contributed by atoms with Gasteiger partial charge in [-0.3, -0.25) is 0 Å². The van der Waals surface area contributed by atoms with Gasteiger partial charge in [0.05, 0.1) is 11.1 Å². The first kappa shape index (κ1) is 12.8. The lowest BCUT2D eigenvalue weighted by Crippen LogP contribution is -2.04. The summed E-state index contributed by atoms with van der Waals surface area (Å²) in [7, 11) is 0.894. The Morgan fingerprint density at radius 3 is 2.50 bits per heavy atom. The molecule has 1 heterocycles. The first-order valence-electron chi connectivity index (χ1n) is 3.91. The number of hydrogen-bond donors (Lipinski definition) is 0. The predicted octanol–water partition coefficient (Wildman–Crippen LogP) is 2.13. The zero-order valence-corrected chi connectivity index (χ0v) is 9.48. The van der Waals surface area contributed by atoms with Gasteiger partial charge in [0.25, 0.3) is 15.5 Å². The molecule has 0 N–H and O–H groups in total. The van der Waals surface area contributed by atoms with Crippen LogP contribution in [0.25, 0.3) is 0 Å². The number of halogens is 3. The Bertz CT molecular complexity index is 566. The molecule has 16 heavy (non-hydrogen) atoms. The van der Waals surface area contributed by atoms with E-state index in [4.69, 9.17) is 15.9 Å². The molecular weight excluding hydrogens is 262 g/mol. The normalized spacial score (nSPS) is 11.5. The Hall–Kier alpha value is -1.26. The summed E-state index contributed by atoms with van der Waals surface area (Å²) >= 11 is 0. The maximum Gasteiger partial charge on any atom is 0.278 e. The lowest BCUT2D eigenvalue weighted by molar-refractivity contribution is 0.150. The van der Waals surface area contributed by atoms with E-state index in [0.29, 0.717) is 6.20 Å². The molecule has 0 saturated heterocycles. The van der Waals surface area contributed by atoms with Crippen molar-refractivity contribution < 1.29 is 17.2 Å². The van der Waals surface area contributed by atoms with Crippen LogP contribution in [-0.4, -0.2) is 13.4 Å². The van der Waals surface area contributed by atoms with Crippen molar-refractivity contribution in [2.75, 3.05) is 0 Å². The molecule has 0 amide bonds. The van der Waals surface area contributed by atoms with Crippen molar-refractivity contribution in [3.05, 3.63) is 22.9 Å². The van der Waals surface area contributed by atoms with Crippen molar-refractivity contribution in [3.8, 4) is 6.07 Å². The SMILES string of the molecule is Cc1c(S(=O)(=O)Cl)ncc(C(F)F)c1C#N. The summed E-state index contributed by atoms with van der Waals surface area (Å²) in [5, 5.41) is 8.12. The van der Waals surface area contributed by atoms with Crippen LogP contribution < -0.4 is 0 Å². The molecule has 0 unspecified atom stereocenters. The smallest absolute Gasteiger partial charge is 0.243 e. The van der Waals surface area contributed by atoms with E-state index in [1.165, 1.54) is 13.0 Å². The summed E-state index contributed by atoms with van der Waals surface area (Å²) in [4.78, 5) is 3.33. The fourth-order valence-electron chi connectivity index (χ4n) is 1.17. The third-order valence-electron chi connectivity index (χ3n) is 1.88. The number of alkyl halides is 2. The molecule has 0 spiro atoms. The van der Waals surface area contributed by atoms with Gasteiger partial charge < -0.3 is 0 Å². The monoisotopic (exact) mass is 266 g/mol. The highest BCUT2D eigenvalue weighted by molar-refractivity contribution is 8.13. The van der Waals surface area contributed by atoms with E-state index in [9.17, 15) is 17.2 Å². The number of hydrogen-bond acceptors (Lipinski definition) is 4. The van der Waals surface area contributed by atoms with Crippen molar-refractivity contribution in [1.29, 1.82) is 5.26 Å². The van der Waals surface area contributed by atoms with Crippen LogP contribution in [0.15, 0.2) is 11.2 Å². The van der Waals surface area contributed by atoms with Gasteiger partial charge in [-0.25, -0.2) is 22.2 Å². The lowest BCUT2D eigenvalue weighted by Gasteiger charge is -2.07. The van der Waals surface area contributed by atoms with E-state index in [2.05, 4.69) is 4.98 Å². The first-order chi connectivity index (χ1) is 7.29. The summed E-state index contributed by atoms with van der Waals surface area (Å²) in [5.74, 6) is 0. The molecule has 0 aliphatic carbocycles. The first-order valence-corrected chi connectivity index (χ1v) is 6.22. The number of rotatable bonds is 2. The molecule has 0 saturated carbocycles. The molecule has 0 bridgehead atoms. The summed E-state index contributed by atoms with van der Waals surface area (Å²) < 4.78 is 46.9. The molecule has 1 aromatic heterocycles. The summed E-state index contributed by atoms with van der Waals surface area (Å²) in [6.07, 6.45) is -2.25. The molecule has 8 heteroatoms. The molecule has 0 aliphatic rings. The van der Waals surface area contributed by atoms with Crippen LogP contribution in [0.5, 0.6) is 0 Å². The van der Waals surface area contributed by atoms with Gasteiger partial charge in [0.15, 0.2) is 5.03 Å².